The molecule has 2 aromatic rings. The maximum atomic E-state index is 12.0. The molecule has 0 aliphatic carbocycles. The summed E-state index contributed by atoms with van der Waals surface area (Å²) < 4.78 is 0. The van der Waals surface area contributed by atoms with Gasteiger partial charge in [0.05, 0.1) is 11.6 Å². The van der Waals surface area contributed by atoms with Gasteiger partial charge in [-0.05, 0) is 36.6 Å². The van der Waals surface area contributed by atoms with E-state index in [9.17, 15) is 9.59 Å². The highest BCUT2D eigenvalue weighted by Crippen LogP contribution is 2.18. The summed E-state index contributed by atoms with van der Waals surface area (Å²) in [4.78, 5) is 23.9. The highest BCUT2D eigenvalue weighted by molar-refractivity contribution is 7.10. The number of nitrogens with one attached hydrogen (secondary N) is 1. The van der Waals surface area contributed by atoms with Crippen molar-refractivity contribution in [3.63, 3.8) is 0 Å². The molecule has 0 saturated heterocycles. The second-order valence-corrected chi connectivity index (χ2v) is 5.08. The Morgan fingerprint density at radius 3 is 2.58 bits per heavy atom. The lowest BCUT2D eigenvalue weighted by molar-refractivity contribution is 0.0697. The summed E-state index contributed by atoms with van der Waals surface area (Å²) in [7, 11) is 0. The van der Waals surface area contributed by atoms with E-state index in [1.807, 2.05) is 24.4 Å². The number of carbonyl (C=O) groups excluding carboxylic acids is 1. The van der Waals surface area contributed by atoms with Crippen LogP contribution in [0.1, 0.15) is 38.6 Å². The number of hydrogen-bond acceptors (Lipinski definition) is 3. The molecule has 1 atom stereocenters. The molecule has 98 valence electrons. The summed E-state index contributed by atoms with van der Waals surface area (Å²) >= 11 is 1.57. The maximum Gasteiger partial charge on any atom is 0.335 e. The van der Waals surface area contributed by atoms with E-state index in [4.69, 9.17) is 5.11 Å². The Labute approximate surface area is 114 Å². The predicted molar refractivity (Wildman–Crippen MR) is 73.6 cm³/mol. The molecule has 5 heteroatoms. The second-order valence-electron chi connectivity index (χ2n) is 4.10. The Morgan fingerprint density at radius 1 is 1.21 bits per heavy atom. The van der Waals surface area contributed by atoms with E-state index in [0.29, 0.717) is 5.56 Å². The number of benzene rings is 1. The fraction of sp³-hybridized carbons (Fsp3) is 0.143. The van der Waals surface area contributed by atoms with Crippen molar-refractivity contribution < 1.29 is 14.7 Å². The topological polar surface area (TPSA) is 66.4 Å². The largest absolute Gasteiger partial charge is 0.478 e. The number of thiophene rings is 1. The van der Waals surface area contributed by atoms with Crippen LogP contribution in [0.3, 0.4) is 0 Å². The van der Waals surface area contributed by atoms with E-state index in [2.05, 4.69) is 5.32 Å². The van der Waals surface area contributed by atoms with E-state index < -0.39 is 5.97 Å². The molecule has 0 radical (unpaired) electrons. The number of carbonyl (C=O) groups is 2. The Hall–Kier alpha value is -2.14. The SMILES string of the molecule is C[C@@H](NC(=O)c1cccc(C(=O)O)c1)c1cccs1. The summed E-state index contributed by atoms with van der Waals surface area (Å²) in [6.45, 7) is 1.89. The van der Waals surface area contributed by atoms with Crippen molar-refractivity contribution >= 4 is 23.2 Å². The molecule has 19 heavy (non-hydrogen) atoms. The molecule has 2 rings (SSSR count). The van der Waals surface area contributed by atoms with Crippen molar-refractivity contribution in [1.82, 2.24) is 5.32 Å². The molecule has 0 unspecified atom stereocenters. The zero-order chi connectivity index (χ0) is 13.8. The van der Waals surface area contributed by atoms with Gasteiger partial charge in [0.1, 0.15) is 0 Å². The highest BCUT2D eigenvalue weighted by Gasteiger charge is 2.13. The standard InChI is InChI=1S/C14H13NO3S/c1-9(12-6-3-7-19-12)15-13(16)10-4-2-5-11(8-10)14(17)18/h2-9H,1H3,(H,15,16)(H,17,18)/t9-/m1/s1. The summed E-state index contributed by atoms with van der Waals surface area (Å²) in [5, 5.41) is 13.7. The van der Waals surface area contributed by atoms with Crippen LogP contribution in [0.5, 0.6) is 0 Å². The van der Waals surface area contributed by atoms with Crippen LogP contribution in [-0.2, 0) is 0 Å². The van der Waals surface area contributed by atoms with E-state index in [1.54, 1.807) is 23.5 Å². The number of amides is 1. The lowest BCUT2D eigenvalue weighted by Crippen LogP contribution is -2.26. The predicted octanol–water partition coefficient (Wildman–Crippen LogP) is 2.94. The van der Waals surface area contributed by atoms with Crippen LogP contribution in [-0.4, -0.2) is 17.0 Å². The molecule has 2 N–H and O–H groups in total. The third-order valence-corrected chi connectivity index (χ3v) is 3.74. The monoisotopic (exact) mass is 275 g/mol. The summed E-state index contributed by atoms with van der Waals surface area (Å²) in [5.74, 6) is -1.31. The quantitative estimate of drug-likeness (QED) is 0.901. The van der Waals surface area contributed by atoms with Crippen LogP contribution in [0.25, 0.3) is 0 Å². The molecular weight excluding hydrogens is 262 g/mol. The number of carboxylic acids is 1. The Bertz CT molecular complexity index is 592. The third-order valence-electron chi connectivity index (χ3n) is 2.69. The molecular formula is C14H13NO3S. The molecule has 4 nitrogen and oxygen atoms in total. The minimum absolute atomic E-state index is 0.0963. The fourth-order valence-corrected chi connectivity index (χ4v) is 2.42. The smallest absolute Gasteiger partial charge is 0.335 e. The van der Waals surface area contributed by atoms with E-state index in [1.165, 1.54) is 12.1 Å². The molecule has 0 bridgehead atoms. The lowest BCUT2D eigenvalue weighted by Gasteiger charge is -2.12. The van der Waals surface area contributed by atoms with Crippen molar-refractivity contribution in [2.75, 3.05) is 0 Å². The highest BCUT2D eigenvalue weighted by atomic mass is 32.1. The van der Waals surface area contributed by atoms with Gasteiger partial charge in [-0.15, -0.1) is 11.3 Å². The zero-order valence-electron chi connectivity index (χ0n) is 10.3. The van der Waals surface area contributed by atoms with Gasteiger partial charge in [-0.2, -0.15) is 0 Å². The normalized spacial score (nSPS) is 11.8. The van der Waals surface area contributed by atoms with Crippen LogP contribution >= 0.6 is 11.3 Å². The summed E-state index contributed by atoms with van der Waals surface area (Å²) in [5.41, 5.74) is 0.458. The lowest BCUT2D eigenvalue weighted by atomic mass is 10.1. The molecule has 0 aliphatic heterocycles. The first-order chi connectivity index (χ1) is 9.08. The number of aromatic carboxylic acids is 1. The molecule has 1 aromatic carbocycles. The first kappa shape index (κ1) is 13.3. The van der Waals surface area contributed by atoms with Gasteiger partial charge in [0, 0.05) is 10.4 Å². The summed E-state index contributed by atoms with van der Waals surface area (Å²) in [6.07, 6.45) is 0. The minimum Gasteiger partial charge on any atom is -0.478 e. The van der Waals surface area contributed by atoms with Crippen molar-refractivity contribution in [3.05, 3.63) is 57.8 Å². The van der Waals surface area contributed by atoms with Crippen LogP contribution in [0.2, 0.25) is 0 Å². The van der Waals surface area contributed by atoms with Gasteiger partial charge in [0.15, 0.2) is 0 Å². The fourth-order valence-electron chi connectivity index (χ4n) is 1.68. The molecule has 0 fully saturated rings. The van der Waals surface area contributed by atoms with Gasteiger partial charge in [-0.1, -0.05) is 12.1 Å². The number of rotatable bonds is 4. The molecule has 1 amide bonds. The third kappa shape index (κ3) is 3.20. The average Bonchev–Trinajstić information content (AvgIpc) is 2.92. The molecule has 1 aromatic heterocycles. The minimum atomic E-state index is -1.04. The van der Waals surface area contributed by atoms with Crippen molar-refractivity contribution in [2.24, 2.45) is 0 Å². The van der Waals surface area contributed by atoms with Gasteiger partial charge in [0.25, 0.3) is 5.91 Å². The number of carboxylic acid groups (broad SMARTS) is 1. The van der Waals surface area contributed by atoms with Crippen LogP contribution in [0.15, 0.2) is 41.8 Å². The first-order valence-corrected chi connectivity index (χ1v) is 6.63. The van der Waals surface area contributed by atoms with Crippen molar-refractivity contribution in [2.45, 2.75) is 13.0 Å². The molecule has 1 heterocycles. The molecule has 0 aliphatic rings. The van der Waals surface area contributed by atoms with Gasteiger partial charge in [-0.25, -0.2) is 4.79 Å². The maximum absolute atomic E-state index is 12.0. The van der Waals surface area contributed by atoms with Gasteiger partial charge in [0.2, 0.25) is 0 Å². The summed E-state index contributed by atoms with van der Waals surface area (Å²) in [6, 6.07) is 9.77. The van der Waals surface area contributed by atoms with Gasteiger partial charge < -0.3 is 10.4 Å². The Morgan fingerprint density at radius 2 is 1.95 bits per heavy atom. The molecule has 0 saturated carbocycles. The van der Waals surface area contributed by atoms with Gasteiger partial charge in [-0.3, -0.25) is 4.79 Å². The Balaban J connectivity index is 2.12. The van der Waals surface area contributed by atoms with E-state index >= 15 is 0 Å². The number of hydrogen-bond donors (Lipinski definition) is 2. The first-order valence-electron chi connectivity index (χ1n) is 5.75. The van der Waals surface area contributed by atoms with Crippen LogP contribution in [0, 0.1) is 0 Å². The van der Waals surface area contributed by atoms with Crippen molar-refractivity contribution in [1.29, 1.82) is 0 Å². The van der Waals surface area contributed by atoms with E-state index in [0.717, 1.165) is 4.88 Å². The Kier molecular flexibility index (Phi) is 3.97. The van der Waals surface area contributed by atoms with Gasteiger partial charge >= 0.3 is 5.97 Å². The van der Waals surface area contributed by atoms with Crippen molar-refractivity contribution in [3.8, 4) is 0 Å². The van der Waals surface area contributed by atoms with Crippen LogP contribution < -0.4 is 5.32 Å². The van der Waals surface area contributed by atoms with E-state index in [-0.39, 0.29) is 17.5 Å². The second kappa shape index (κ2) is 5.67. The van der Waals surface area contributed by atoms with Crippen LogP contribution in [0.4, 0.5) is 0 Å². The zero-order valence-corrected chi connectivity index (χ0v) is 11.1. The molecule has 0 spiro atoms. The average molecular weight is 275 g/mol.